The Morgan fingerprint density at radius 1 is 1.27 bits per heavy atom. The molecular weight excluding hydrogens is 360 g/mol. The number of nitrogens with one attached hydrogen (secondary N) is 1. The van der Waals surface area contributed by atoms with Crippen molar-refractivity contribution < 1.29 is 24.0 Å². The number of carbonyl (C=O) groups excluding carboxylic acids is 2. The number of anilines is 1. The Kier molecular flexibility index (Phi) is 4.90. The van der Waals surface area contributed by atoms with Crippen LogP contribution >= 0.6 is 11.3 Å². The summed E-state index contributed by atoms with van der Waals surface area (Å²) in [7, 11) is 2.61. The Balaban J connectivity index is 1.93. The van der Waals surface area contributed by atoms with Crippen LogP contribution in [0.5, 0.6) is 5.75 Å². The maximum absolute atomic E-state index is 12.6. The summed E-state index contributed by atoms with van der Waals surface area (Å²) in [5, 5.41) is 14.2. The Morgan fingerprint density at radius 2 is 2.04 bits per heavy atom. The molecule has 0 fully saturated rings. The maximum Gasteiger partial charge on any atom is 0.341 e. The predicted molar refractivity (Wildman–Crippen MR) is 95.3 cm³/mol. The van der Waals surface area contributed by atoms with Crippen molar-refractivity contribution in [1.82, 2.24) is 0 Å². The number of nitrogens with zero attached hydrogens (tertiary/aromatic N) is 1. The first kappa shape index (κ1) is 17.9. The monoisotopic (exact) mass is 376 g/mol. The maximum atomic E-state index is 12.6. The summed E-state index contributed by atoms with van der Waals surface area (Å²) in [6.45, 7) is 0. The van der Waals surface area contributed by atoms with Crippen LogP contribution in [-0.2, 0) is 17.6 Å². The van der Waals surface area contributed by atoms with E-state index in [1.54, 1.807) is 0 Å². The van der Waals surface area contributed by atoms with E-state index in [0.29, 0.717) is 10.6 Å². The number of benzene rings is 1. The molecule has 8 nitrogen and oxygen atoms in total. The topological polar surface area (TPSA) is 108 Å². The van der Waals surface area contributed by atoms with E-state index in [0.717, 1.165) is 35.8 Å². The number of hydrogen-bond donors (Lipinski definition) is 1. The summed E-state index contributed by atoms with van der Waals surface area (Å²) in [5.41, 5.74) is 1.09. The van der Waals surface area contributed by atoms with Crippen LogP contribution in [0.2, 0.25) is 0 Å². The number of fused-ring (bicyclic) bond motifs is 1. The zero-order valence-corrected chi connectivity index (χ0v) is 15.0. The number of nitro groups is 1. The van der Waals surface area contributed by atoms with Crippen molar-refractivity contribution in [3.8, 4) is 5.75 Å². The van der Waals surface area contributed by atoms with Gasteiger partial charge in [0.1, 0.15) is 5.00 Å². The van der Waals surface area contributed by atoms with Gasteiger partial charge in [0, 0.05) is 16.5 Å². The molecule has 9 heteroatoms. The summed E-state index contributed by atoms with van der Waals surface area (Å²) >= 11 is 1.34. The highest BCUT2D eigenvalue weighted by Crippen LogP contribution is 2.39. The van der Waals surface area contributed by atoms with Gasteiger partial charge >= 0.3 is 11.7 Å². The van der Waals surface area contributed by atoms with Crippen LogP contribution < -0.4 is 10.1 Å². The van der Waals surface area contributed by atoms with E-state index < -0.39 is 16.8 Å². The van der Waals surface area contributed by atoms with Gasteiger partial charge in [0.05, 0.1) is 24.7 Å². The third-order valence-electron chi connectivity index (χ3n) is 4.18. The number of aryl methyl sites for hydroxylation is 1. The Hall–Kier alpha value is -2.94. The number of thiophene rings is 1. The molecule has 1 aliphatic carbocycles. The number of ether oxygens (including phenoxy) is 2. The van der Waals surface area contributed by atoms with E-state index in [-0.39, 0.29) is 17.0 Å². The normalized spacial score (nSPS) is 12.4. The lowest BCUT2D eigenvalue weighted by atomic mass is 10.1. The minimum absolute atomic E-state index is 0.0666. The zero-order valence-electron chi connectivity index (χ0n) is 14.2. The van der Waals surface area contributed by atoms with Gasteiger partial charge in [-0.05, 0) is 37.0 Å². The average molecular weight is 376 g/mol. The first-order chi connectivity index (χ1) is 12.5. The fourth-order valence-electron chi connectivity index (χ4n) is 2.96. The molecule has 2 aromatic rings. The van der Waals surface area contributed by atoms with Crippen molar-refractivity contribution in [3.63, 3.8) is 0 Å². The highest BCUT2D eigenvalue weighted by Gasteiger charge is 2.28. The largest absolute Gasteiger partial charge is 0.490 e. The first-order valence-corrected chi connectivity index (χ1v) is 8.64. The van der Waals surface area contributed by atoms with Crippen molar-refractivity contribution in [3.05, 3.63) is 49.9 Å². The number of esters is 1. The van der Waals surface area contributed by atoms with E-state index in [9.17, 15) is 19.7 Å². The summed E-state index contributed by atoms with van der Waals surface area (Å²) in [5.74, 6) is -0.974. The molecule has 26 heavy (non-hydrogen) atoms. The van der Waals surface area contributed by atoms with Crippen molar-refractivity contribution >= 4 is 33.9 Å². The van der Waals surface area contributed by atoms with Crippen molar-refractivity contribution in [2.75, 3.05) is 19.5 Å². The van der Waals surface area contributed by atoms with Crippen LogP contribution in [0, 0.1) is 10.1 Å². The molecule has 136 valence electrons. The van der Waals surface area contributed by atoms with Crippen LogP contribution in [-0.4, -0.2) is 31.0 Å². The summed E-state index contributed by atoms with van der Waals surface area (Å²) < 4.78 is 9.77. The minimum Gasteiger partial charge on any atom is -0.490 e. The van der Waals surface area contributed by atoms with Crippen molar-refractivity contribution in [1.29, 1.82) is 0 Å². The smallest absolute Gasteiger partial charge is 0.341 e. The molecule has 1 aliphatic rings. The molecular formula is C17H16N2O6S. The molecule has 0 unspecified atom stereocenters. The van der Waals surface area contributed by atoms with E-state index >= 15 is 0 Å². The lowest BCUT2D eigenvalue weighted by molar-refractivity contribution is -0.385. The fraction of sp³-hybridized carbons (Fsp3) is 0.294. The lowest BCUT2D eigenvalue weighted by Gasteiger charge is -2.08. The second kappa shape index (κ2) is 7.12. The number of carbonyl (C=O) groups is 2. The van der Waals surface area contributed by atoms with Gasteiger partial charge in [0.2, 0.25) is 0 Å². The van der Waals surface area contributed by atoms with Gasteiger partial charge < -0.3 is 14.8 Å². The second-order valence-electron chi connectivity index (χ2n) is 5.65. The number of rotatable bonds is 5. The Bertz CT molecular complexity index is 905. The Labute approximate surface area is 152 Å². The third-order valence-corrected chi connectivity index (χ3v) is 5.38. The highest BCUT2D eigenvalue weighted by molar-refractivity contribution is 7.17. The second-order valence-corrected chi connectivity index (χ2v) is 6.76. The summed E-state index contributed by atoms with van der Waals surface area (Å²) in [6.07, 6.45) is 2.58. The molecule has 0 spiro atoms. The summed E-state index contributed by atoms with van der Waals surface area (Å²) in [6, 6.07) is 3.94. The Morgan fingerprint density at radius 3 is 2.69 bits per heavy atom. The number of methoxy groups -OCH3 is 2. The van der Waals surface area contributed by atoms with Crippen LogP contribution in [0.4, 0.5) is 10.7 Å². The molecule has 0 atom stereocenters. The van der Waals surface area contributed by atoms with E-state index in [2.05, 4.69) is 5.32 Å². The molecule has 3 rings (SSSR count). The standard InChI is InChI=1S/C17H16N2O6S/c1-24-12-7-6-9(8-11(12)19(22)23)15(20)18-16-14(17(21)25-2)10-4-3-5-13(10)26-16/h6-8H,3-5H2,1-2H3,(H,18,20). The van der Waals surface area contributed by atoms with Gasteiger partial charge in [-0.25, -0.2) is 4.79 Å². The van der Waals surface area contributed by atoms with E-state index in [1.165, 1.54) is 37.7 Å². The SMILES string of the molecule is COC(=O)c1c(NC(=O)c2ccc(OC)c([N+](=O)[O-])c2)sc2c1CCC2. The molecule has 1 amide bonds. The molecule has 0 saturated heterocycles. The molecule has 0 saturated carbocycles. The van der Waals surface area contributed by atoms with Gasteiger partial charge in [0.15, 0.2) is 5.75 Å². The predicted octanol–water partition coefficient (Wildman–Crippen LogP) is 3.19. The van der Waals surface area contributed by atoms with Crippen molar-refractivity contribution in [2.24, 2.45) is 0 Å². The highest BCUT2D eigenvalue weighted by atomic mass is 32.1. The average Bonchev–Trinajstić information content (AvgIpc) is 3.21. The van der Waals surface area contributed by atoms with Crippen LogP contribution in [0.15, 0.2) is 18.2 Å². The fourth-order valence-corrected chi connectivity index (χ4v) is 4.23. The van der Waals surface area contributed by atoms with Gasteiger partial charge in [0.25, 0.3) is 5.91 Å². The van der Waals surface area contributed by atoms with Crippen LogP contribution in [0.25, 0.3) is 0 Å². The van der Waals surface area contributed by atoms with Crippen LogP contribution in [0.3, 0.4) is 0 Å². The lowest BCUT2D eigenvalue weighted by Crippen LogP contribution is -2.15. The molecule has 0 radical (unpaired) electrons. The van der Waals surface area contributed by atoms with Crippen molar-refractivity contribution in [2.45, 2.75) is 19.3 Å². The molecule has 1 aromatic heterocycles. The summed E-state index contributed by atoms with van der Waals surface area (Å²) in [4.78, 5) is 36.3. The first-order valence-electron chi connectivity index (χ1n) is 7.83. The molecule has 1 N–H and O–H groups in total. The molecule has 1 heterocycles. The zero-order chi connectivity index (χ0) is 18.8. The number of hydrogen-bond acceptors (Lipinski definition) is 7. The molecule has 0 aliphatic heterocycles. The third kappa shape index (κ3) is 3.13. The van der Waals surface area contributed by atoms with Gasteiger partial charge in [-0.1, -0.05) is 0 Å². The quantitative estimate of drug-likeness (QED) is 0.488. The molecule has 1 aromatic carbocycles. The van der Waals surface area contributed by atoms with Gasteiger partial charge in [-0.2, -0.15) is 0 Å². The van der Waals surface area contributed by atoms with Gasteiger partial charge in [-0.15, -0.1) is 11.3 Å². The van der Waals surface area contributed by atoms with E-state index in [4.69, 9.17) is 9.47 Å². The number of amides is 1. The molecule has 0 bridgehead atoms. The number of nitro benzene ring substituents is 1. The van der Waals surface area contributed by atoms with E-state index in [1.807, 2.05) is 0 Å². The van der Waals surface area contributed by atoms with Crippen LogP contribution in [0.1, 0.15) is 37.6 Å². The minimum atomic E-state index is -0.616. The van der Waals surface area contributed by atoms with Gasteiger partial charge in [-0.3, -0.25) is 14.9 Å².